The van der Waals surface area contributed by atoms with Crippen molar-refractivity contribution in [1.29, 1.82) is 0 Å². The van der Waals surface area contributed by atoms with Crippen LogP contribution in [0.1, 0.15) is 11.8 Å². The largest absolute Gasteiger partial charge is 0.374 e. The van der Waals surface area contributed by atoms with Gasteiger partial charge in [0.05, 0.1) is 6.54 Å². The Labute approximate surface area is 115 Å². The van der Waals surface area contributed by atoms with E-state index >= 15 is 0 Å². The number of anilines is 1. The smallest absolute Gasteiger partial charge is 0.242 e. The van der Waals surface area contributed by atoms with Crippen molar-refractivity contribution in [2.24, 2.45) is 0 Å². The van der Waals surface area contributed by atoms with Crippen molar-refractivity contribution in [2.45, 2.75) is 19.5 Å². The van der Waals surface area contributed by atoms with Crippen molar-refractivity contribution in [3.8, 4) is 0 Å². The maximum atomic E-state index is 12.8. The van der Waals surface area contributed by atoms with E-state index in [2.05, 4.69) is 10.6 Å². The Morgan fingerprint density at radius 1 is 1.32 bits per heavy atom. The number of carbonyl (C=O) groups excluding carboxylic acids is 1. The molecule has 0 radical (unpaired) electrons. The van der Waals surface area contributed by atoms with Crippen molar-refractivity contribution < 1.29 is 9.18 Å². The van der Waals surface area contributed by atoms with Crippen LogP contribution in [0.25, 0.3) is 0 Å². The zero-order chi connectivity index (χ0) is 13.7. The average molecular weight is 278 g/mol. The molecule has 19 heavy (non-hydrogen) atoms. The molecule has 100 valence electrons. The topological polar surface area (TPSA) is 41.1 Å². The summed E-state index contributed by atoms with van der Waals surface area (Å²) >= 11 is 1.61. The number of carbonyl (C=O) groups is 1. The van der Waals surface area contributed by atoms with Gasteiger partial charge in [0.25, 0.3) is 0 Å². The van der Waals surface area contributed by atoms with Gasteiger partial charge in [-0.15, -0.1) is 11.3 Å². The van der Waals surface area contributed by atoms with Gasteiger partial charge < -0.3 is 10.6 Å². The van der Waals surface area contributed by atoms with Crippen molar-refractivity contribution in [3.63, 3.8) is 0 Å². The molecule has 3 nitrogen and oxygen atoms in total. The van der Waals surface area contributed by atoms with Gasteiger partial charge in [-0.2, -0.15) is 0 Å². The van der Waals surface area contributed by atoms with Gasteiger partial charge >= 0.3 is 0 Å². The Hall–Kier alpha value is -1.88. The Kier molecular flexibility index (Phi) is 4.52. The summed E-state index contributed by atoms with van der Waals surface area (Å²) in [6.45, 7) is 2.30. The van der Waals surface area contributed by atoms with Crippen LogP contribution in [0.2, 0.25) is 0 Å². The van der Waals surface area contributed by atoms with Crippen LogP contribution in [0.4, 0.5) is 10.1 Å². The summed E-state index contributed by atoms with van der Waals surface area (Å²) in [5.41, 5.74) is 0.722. The van der Waals surface area contributed by atoms with Crippen LogP contribution in [0, 0.1) is 5.82 Å². The lowest BCUT2D eigenvalue weighted by atomic mass is 10.2. The van der Waals surface area contributed by atoms with Crippen molar-refractivity contribution in [3.05, 3.63) is 52.5 Å². The van der Waals surface area contributed by atoms with E-state index in [1.807, 2.05) is 17.5 Å². The first-order valence-electron chi connectivity index (χ1n) is 5.97. The molecular weight excluding hydrogens is 263 g/mol. The highest BCUT2D eigenvalue weighted by atomic mass is 32.1. The Balaban J connectivity index is 1.83. The highest BCUT2D eigenvalue weighted by Crippen LogP contribution is 2.10. The molecule has 0 aliphatic carbocycles. The summed E-state index contributed by atoms with van der Waals surface area (Å²) < 4.78 is 12.8. The van der Waals surface area contributed by atoms with Crippen LogP contribution in [0.15, 0.2) is 41.8 Å². The second kappa shape index (κ2) is 6.33. The minimum absolute atomic E-state index is 0.0854. The molecule has 0 saturated carbocycles. The fraction of sp³-hybridized carbons (Fsp3) is 0.214. The molecule has 1 heterocycles. The summed E-state index contributed by atoms with van der Waals surface area (Å²) in [5, 5.41) is 7.85. The molecule has 1 atom stereocenters. The SMILES string of the molecule is CC(Nc1ccc(F)cc1)C(=O)NCc1cccs1. The molecule has 2 N–H and O–H groups in total. The Morgan fingerprint density at radius 3 is 2.68 bits per heavy atom. The number of nitrogens with one attached hydrogen (secondary N) is 2. The zero-order valence-corrected chi connectivity index (χ0v) is 11.3. The third-order valence-electron chi connectivity index (χ3n) is 2.64. The molecule has 0 aliphatic rings. The van der Waals surface area contributed by atoms with Gasteiger partial charge in [0.1, 0.15) is 11.9 Å². The van der Waals surface area contributed by atoms with Crippen LogP contribution in [-0.4, -0.2) is 11.9 Å². The number of thiophene rings is 1. The number of benzene rings is 1. The van der Waals surface area contributed by atoms with E-state index in [1.54, 1.807) is 30.4 Å². The first-order chi connectivity index (χ1) is 9.15. The van der Waals surface area contributed by atoms with Gasteiger partial charge in [-0.25, -0.2) is 4.39 Å². The minimum atomic E-state index is -0.370. The van der Waals surface area contributed by atoms with Gasteiger partial charge in [0.2, 0.25) is 5.91 Å². The number of hydrogen-bond donors (Lipinski definition) is 2. The highest BCUT2D eigenvalue weighted by molar-refractivity contribution is 7.09. The van der Waals surface area contributed by atoms with Gasteiger partial charge in [0.15, 0.2) is 0 Å². The third kappa shape index (κ3) is 4.06. The first kappa shape index (κ1) is 13.5. The second-order valence-corrected chi connectivity index (χ2v) is 5.20. The van der Waals surface area contributed by atoms with E-state index in [9.17, 15) is 9.18 Å². The standard InChI is InChI=1S/C14H15FN2OS/c1-10(17-12-6-4-11(15)5-7-12)14(18)16-9-13-3-2-8-19-13/h2-8,10,17H,9H2,1H3,(H,16,18). The van der Waals surface area contributed by atoms with Crippen LogP contribution in [-0.2, 0) is 11.3 Å². The van der Waals surface area contributed by atoms with Crippen LogP contribution < -0.4 is 10.6 Å². The van der Waals surface area contributed by atoms with E-state index < -0.39 is 0 Å². The van der Waals surface area contributed by atoms with Gasteiger partial charge in [-0.05, 0) is 42.6 Å². The van der Waals surface area contributed by atoms with E-state index in [4.69, 9.17) is 0 Å². The van der Waals surface area contributed by atoms with Crippen LogP contribution in [0.5, 0.6) is 0 Å². The fourth-order valence-electron chi connectivity index (χ4n) is 1.60. The lowest BCUT2D eigenvalue weighted by molar-refractivity contribution is -0.121. The number of rotatable bonds is 5. The first-order valence-corrected chi connectivity index (χ1v) is 6.85. The summed E-state index contributed by atoms with van der Waals surface area (Å²) in [6, 6.07) is 9.49. The predicted octanol–water partition coefficient (Wildman–Crippen LogP) is 3.00. The molecule has 0 spiro atoms. The Morgan fingerprint density at radius 2 is 2.05 bits per heavy atom. The molecule has 2 rings (SSSR count). The minimum Gasteiger partial charge on any atom is -0.374 e. The van der Waals surface area contributed by atoms with Crippen molar-refractivity contribution in [1.82, 2.24) is 5.32 Å². The summed E-state index contributed by atoms with van der Waals surface area (Å²) in [4.78, 5) is 13.0. The number of amides is 1. The van der Waals surface area contributed by atoms with Crippen LogP contribution in [0.3, 0.4) is 0 Å². The molecule has 0 saturated heterocycles. The number of hydrogen-bond acceptors (Lipinski definition) is 3. The normalized spacial score (nSPS) is 11.9. The molecule has 0 aliphatic heterocycles. The fourth-order valence-corrected chi connectivity index (χ4v) is 2.25. The molecule has 1 aromatic heterocycles. The second-order valence-electron chi connectivity index (χ2n) is 4.17. The molecule has 2 aromatic rings. The third-order valence-corrected chi connectivity index (χ3v) is 3.51. The summed E-state index contributed by atoms with van der Waals surface area (Å²) in [7, 11) is 0. The quantitative estimate of drug-likeness (QED) is 0.882. The maximum absolute atomic E-state index is 12.8. The summed E-state index contributed by atoms with van der Waals surface area (Å²) in [5.74, 6) is -0.377. The lowest BCUT2D eigenvalue weighted by Crippen LogP contribution is -2.37. The maximum Gasteiger partial charge on any atom is 0.242 e. The van der Waals surface area contributed by atoms with Gasteiger partial charge in [-0.3, -0.25) is 4.79 Å². The van der Waals surface area contributed by atoms with Gasteiger partial charge in [0, 0.05) is 10.6 Å². The monoisotopic (exact) mass is 278 g/mol. The zero-order valence-electron chi connectivity index (χ0n) is 10.5. The molecular formula is C14H15FN2OS. The lowest BCUT2D eigenvalue weighted by Gasteiger charge is -2.14. The average Bonchev–Trinajstić information content (AvgIpc) is 2.91. The van der Waals surface area contributed by atoms with Crippen molar-refractivity contribution >= 4 is 22.9 Å². The molecule has 5 heteroatoms. The highest BCUT2D eigenvalue weighted by Gasteiger charge is 2.12. The molecule has 0 bridgehead atoms. The molecule has 1 amide bonds. The van der Waals surface area contributed by atoms with Crippen LogP contribution >= 0.6 is 11.3 Å². The molecule has 0 fully saturated rings. The van der Waals surface area contributed by atoms with E-state index in [0.29, 0.717) is 6.54 Å². The summed E-state index contributed by atoms with van der Waals surface area (Å²) in [6.07, 6.45) is 0. The van der Waals surface area contributed by atoms with Gasteiger partial charge in [-0.1, -0.05) is 6.07 Å². The van der Waals surface area contributed by atoms with E-state index in [-0.39, 0.29) is 17.8 Å². The predicted molar refractivity (Wildman–Crippen MR) is 75.7 cm³/mol. The number of halogens is 1. The molecule has 1 aromatic carbocycles. The van der Waals surface area contributed by atoms with E-state index in [1.165, 1.54) is 12.1 Å². The van der Waals surface area contributed by atoms with Crippen molar-refractivity contribution in [2.75, 3.05) is 5.32 Å². The van der Waals surface area contributed by atoms with E-state index in [0.717, 1.165) is 10.6 Å². The Bertz CT molecular complexity index is 525. The molecule has 1 unspecified atom stereocenters.